The molecule has 1 rings (SSSR count). The maximum absolute atomic E-state index is 12.3. The first-order chi connectivity index (χ1) is 10.4. The van der Waals surface area contributed by atoms with Crippen molar-refractivity contribution in [3.8, 4) is 0 Å². The first-order valence-corrected chi connectivity index (χ1v) is 8.58. The number of aliphatic hydroxyl groups excluding tert-OH is 1. The number of ether oxygens (including phenoxy) is 2. The SMILES string of the molecule is COC(=O)CS[C@@H]1CC(=O)O[C@H](C)CCCCC[C@H](O)C1=O. The highest BCUT2D eigenvalue weighted by atomic mass is 32.2. The van der Waals surface area contributed by atoms with Crippen molar-refractivity contribution in [2.75, 3.05) is 12.9 Å². The third-order valence-corrected chi connectivity index (χ3v) is 4.75. The van der Waals surface area contributed by atoms with E-state index in [4.69, 9.17) is 4.74 Å². The van der Waals surface area contributed by atoms with Crippen LogP contribution in [0.1, 0.15) is 45.4 Å². The summed E-state index contributed by atoms with van der Waals surface area (Å²) < 4.78 is 9.80. The Morgan fingerprint density at radius 2 is 2.00 bits per heavy atom. The minimum atomic E-state index is -1.10. The zero-order chi connectivity index (χ0) is 16.5. The summed E-state index contributed by atoms with van der Waals surface area (Å²) in [5, 5.41) is 9.18. The third-order valence-electron chi connectivity index (χ3n) is 3.55. The lowest BCUT2D eigenvalue weighted by Crippen LogP contribution is -2.34. The Balaban J connectivity index is 2.73. The summed E-state index contributed by atoms with van der Waals surface area (Å²) in [6.07, 6.45) is 2.28. The molecule has 1 heterocycles. The van der Waals surface area contributed by atoms with Gasteiger partial charge in [0.1, 0.15) is 6.10 Å². The number of aliphatic hydroxyl groups is 1. The molecule has 0 aromatic carbocycles. The van der Waals surface area contributed by atoms with Gasteiger partial charge in [0.25, 0.3) is 0 Å². The Bertz CT molecular complexity index is 397. The van der Waals surface area contributed by atoms with Crippen LogP contribution >= 0.6 is 11.8 Å². The molecule has 0 aromatic heterocycles. The molecule has 1 aliphatic heterocycles. The smallest absolute Gasteiger partial charge is 0.315 e. The molecular formula is C15H24O6S. The van der Waals surface area contributed by atoms with Crippen molar-refractivity contribution in [2.45, 2.75) is 62.9 Å². The number of methoxy groups -OCH3 is 1. The quantitative estimate of drug-likeness (QED) is 0.783. The van der Waals surface area contributed by atoms with Gasteiger partial charge in [-0.15, -0.1) is 11.8 Å². The summed E-state index contributed by atoms with van der Waals surface area (Å²) in [7, 11) is 1.26. The molecule has 1 saturated heterocycles. The van der Waals surface area contributed by atoms with E-state index < -0.39 is 29.1 Å². The second-order valence-electron chi connectivity index (χ2n) is 5.44. The van der Waals surface area contributed by atoms with Crippen molar-refractivity contribution < 1.29 is 29.0 Å². The van der Waals surface area contributed by atoms with E-state index in [0.717, 1.165) is 37.4 Å². The number of hydrogen-bond donors (Lipinski definition) is 1. The van der Waals surface area contributed by atoms with Crippen LogP contribution in [0.5, 0.6) is 0 Å². The van der Waals surface area contributed by atoms with Crippen LogP contribution in [0.25, 0.3) is 0 Å². The Labute approximate surface area is 134 Å². The van der Waals surface area contributed by atoms with Gasteiger partial charge in [0.05, 0.1) is 30.6 Å². The van der Waals surface area contributed by atoms with Gasteiger partial charge < -0.3 is 14.6 Å². The number of carbonyl (C=O) groups excluding carboxylic acids is 3. The van der Waals surface area contributed by atoms with E-state index >= 15 is 0 Å². The summed E-state index contributed by atoms with van der Waals surface area (Å²) in [4.78, 5) is 35.4. The van der Waals surface area contributed by atoms with Crippen LogP contribution in [-0.4, -0.2) is 53.1 Å². The molecule has 1 aliphatic rings. The summed E-state index contributed by atoms with van der Waals surface area (Å²) >= 11 is 1.01. The average molecular weight is 332 g/mol. The van der Waals surface area contributed by atoms with Gasteiger partial charge in [-0.25, -0.2) is 0 Å². The molecule has 0 radical (unpaired) electrons. The summed E-state index contributed by atoms with van der Waals surface area (Å²) in [5.41, 5.74) is 0. The van der Waals surface area contributed by atoms with Gasteiger partial charge in [-0.1, -0.05) is 12.8 Å². The fourth-order valence-corrected chi connectivity index (χ4v) is 3.29. The van der Waals surface area contributed by atoms with E-state index in [-0.39, 0.29) is 18.3 Å². The highest BCUT2D eigenvalue weighted by Crippen LogP contribution is 2.22. The zero-order valence-corrected chi connectivity index (χ0v) is 13.9. The van der Waals surface area contributed by atoms with Gasteiger partial charge in [0, 0.05) is 0 Å². The summed E-state index contributed by atoms with van der Waals surface area (Å²) in [5.74, 6) is -1.40. The molecule has 126 valence electrons. The summed E-state index contributed by atoms with van der Waals surface area (Å²) in [6.45, 7) is 1.83. The van der Waals surface area contributed by atoms with Gasteiger partial charge in [-0.05, 0) is 26.2 Å². The van der Waals surface area contributed by atoms with Gasteiger partial charge in [0.2, 0.25) is 0 Å². The van der Waals surface area contributed by atoms with E-state index in [1.165, 1.54) is 7.11 Å². The van der Waals surface area contributed by atoms with E-state index in [9.17, 15) is 19.5 Å². The van der Waals surface area contributed by atoms with Gasteiger partial charge in [-0.3, -0.25) is 14.4 Å². The Hall–Kier alpha value is -1.08. The second-order valence-corrected chi connectivity index (χ2v) is 6.63. The molecule has 0 aromatic rings. The molecule has 22 heavy (non-hydrogen) atoms. The molecule has 0 amide bonds. The zero-order valence-electron chi connectivity index (χ0n) is 13.1. The standard InChI is InChI=1S/C15H24O6S/c1-10-6-4-3-5-7-11(16)15(19)12(8-13(17)21-10)22-9-14(18)20-2/h10-12,16H,3-9H2,1-2H3/t10-,11+,12-/m1/s1. The van der Waals surface area contributed by atoms with E-state index in [0.29, 0.717) is 6.42 Å². The number of hydrogen-bond acceptors (Lipinski definition) is 7. The molecule has 1 fully saturated rings. The largest absolute Gasteiger partial charge is 0.468 e. The van der Waals surface area contributed by atoms with Crippen LogP contribution in [0.2, 0.25) is 0 Å². The van der Waals surface area contributed by atoms with Gasteiger partial charge >= 0.3 is 11.9 Å². The van der Waals surface area contributed by atoms with Crippen molar-refractivity contribution in [1.82, 2.24) is 0 Å². The molecular weight excluding hydrogens is 308 g/mol. The van der Waals surface area contributed by atoms with Crippen LogP contribution in [0.4, 0.5) is 0 Å². The van der Waals surface area contributed by atoms with Gasteiger partial charge in [-0.2, -0.15) is 0 Å². The maximum Gasteiger partial charge on any atom is 0.315 e. The van der Waals surface area contributed by atoms with Crippen molar-refractivity contribution in [3.63, 3.8) is 0 Å². The van der Waals surface area contributed by atoms with Crippen LogP contribution in [-0.2, 0) is 23.9 Å². The molecule has 0 unspecified atom stereocenters. The second kappa shape index (κ2) is 9.84. The Kier molecular flexibility index (Phi) is 8.48. The lowest BCUT2D eigenvalue weighted by Gasteiger charge is -2.21. The number of Topliss-reactive ketones (excluding diaryl/α,β-unsaturated/α-hetero) is 1. The topological polar surface area (TPSA) is 89.9 Å². The predicted octanol–water partition coefficient (Wildman–Crippen LogP) is 1.48. The van der Waals surface area contributed by atoms with Crippen molar-refractivity contribution >= 4 is 29.5 Å². The number of thioether (sulfide) groups is 1. The number of rotatable bonds is 3. The van der Waals surface area contributed by atoms with E-state index in [1.807, 2.05) is 6.92 Å². The van der Waals surface area contributed by atoms with Crippen molar-refractivity contribution in [2.24, 2.45) is 0 Å². The minimum Gasteiger partial charge on any atom is -0.468 e. The van der Waals surface area contributed by atoms with Crippen LogP contribution < -0.4 is 0 Å². The normalized spacial score (nSPS) is 28.2. The Morgan fingerprint density at radius 1 is 1.32 bits per heavy atom. The number of ketones is 1. The van der Waals surface area contributed by atoms with E-state index in [1.54, 1.807) is 0 Å². The predicted molar refractivity (Wildman–Crippen MR) is 82.5 cm³/mol. The highest BCUT2D eigenvalue weighted by Gasteiger charge is 2.30. The molecule has 0 bridgehead atoms. The van der Waals surface area contributed by atoms with Gasteiger partial charge in [0.15, 0.2) is 5.78 Å². The minimum absolute atomic E-state index is 0.0392. The summed E-state index contributed by atoms with van der Waals surface area (Å²) in [6, 6.07) is 0. The molecule has 3 atom stereocenters. The molecule has 0 spiro atoms. The van der Waals surface area contributed by atoms with Crippen LogP contribution in [0, 0.1) is 0 Å². The lowest BCUT2D eigenvalue weighted by molar-refractivity contribution is -0.150. The molecule has 0 aliphatic carbocycles. The van der Waals surface area contributed by atoms with Crippen LogP contribution in [0.15, 0.2) is 0 Å². The molecule has 0 saturated carbocycles. The molecule has 1 N–H and O–H groups in total. The Morgan fingerprint density at radius 3 is 2.68 bits per heavy atom. The lowest BCUT2D eigenvalue weighted by atomic mass is 10.0. The first-order valence-electron chi connectivity index (χ1n) is 7.53. The van der Waals surface area contributed by atoms with Crippen LogP contribution in [0.3, 0.4) is 0 Å². The maximum atomic E-state index is 12.3. The molecule has 6 nitrogen and oxygen atoms in total. The fraction of sp³-hybridized carbons (Fsp3) is 0.800. The number of carbonyl (C=O) groups is 3. The van der Waals surface area contributed by atoms with Crippen molar-refractivity contribution in [3.05, 3.63) is 0 Å². The van der Waals surface area contributed by atoms with E-state index in [2.05, 4.69) is 4.74 Å². The monoisotopic (exact) mass is 332 g/mol. The third kappa shape index (κ3) is 6.79. The number of esters is 2. The number of cyclic esters (lactones) is 1. The van der Waals surface area contributed by atoms with Crippen molar-refractivity contribution in [1.29, 1.82) is 0 Å². The highest BCUT2D eigenvalue weighted by molar-refractivity contribution is 8.01. The fourth-order valence-electron chi connectivity index (χ4n) is 2.26. The first kappa shape index (κ1) is 19.0. The molecule has 7 heteroatoms. The average Bonchev–Trinajstić information content (AvgIpc) is 2.48.